The van der Waals surface area contributed by atoms with E-state index < -0.39 is 24.1 Å². The highest BCUT2D eigenvalue weighted by atomic mass is 16.5. The van der Waals surface area contributed by atoms with Crippen molar-refractivity contribution in [1.29, 1.82) is 0 Å². The van der Waals surface area contributed by atoms with Crippen LogP contribution < -0.4 is 5.32 Å². The van der Waals surface area contributed by atoms with Gasteiger partial charge in [0.25, 0.3) is 0 Å². The molecule has 1 amide bonds. The third-order valence-corrected chi connectivity index (χ3v) is 4.88. The number of benzene rings is 2. The molecule has 1 atom stereocenters. The van der Waals surface area contributed by atoms with E-state index in [0.29, 0.717) is 0 Å². The van der Waals surface area contributed by atoms with Gasteiger partial charge >= 0.3 is 18.0 Å². The molecule has 152 valence electrons. The molecule has 29 heavy (non-hydrogen) atoms. The van der Waals surface area contributed by atoms with Crippen LogP contribution in [-0.4, -0.2) is 42.4 Å². The van der Waals surface area contributed by atoms with Crippen molar-refractivity contribution in [2.45, 2.75) is 31.7 Å². The van der Waals surface area contributed by atoms with E-state index in [2.05, 4.69) is 5.32 Å². The first-order valence-electron chi connectivity index (χ1n) is 9.51. The quantitative estimate of drug-likeness (QED) is 0.663. The zero-order chi connectivity index (χ0) is 20.8. The Balaban J connectivity index is 1.61. The normalized spacial score (nSPS) is 13.1. The number of esters is 1. The Kier molecular flexibility index (Phi) is 6.49. The van der Waals surface area contributed by atoms with Crippen LogP contribution in [0.15, 0.2) is 48.5 Å². The van der Waals surface area contributed by atoms with Gasteiger partial charge in [0.2, 0.25) is 0 Å². The smallest absolute Gasteiger partial charge is 0.407 e. The molecule has 0 aliphatic heterocycles. The molecule has 0 fully saturated rings. The van der Waals surface area contributed by atoms with Crippen molar-refractivity contribution in [3.8, 4) is 11.1 Å². The second kappa shape index (κ2) is 9.23. The summed E-state index contributed by atoms with van der Waals surface area (Å²) >= 11 is 0. The molecule has 2 aromatic carbocycles. The molecule has 0 saturated heterocycles. The van der Waals surface area contributed by atoms with Gasteiger partial charge in [0.15, 0.2) is 0 Å². The summed E-state index contributed by atoms with van der Waals surface area (Å²) in [5, 5.41) is 11.6. The van der Waals surface area contributed by atoms with Crippen LogP contribution in [0.2, 0.25) is 0 Å². The van der Waals surface area contributed by atoms with E-state index in [9.17, 15) is 19.5 Å². The summed E-state index contributed by atoms with van der Waals surface area (Å²) in [6, 6.07) is 14.6. The number of fused-ring (bicyclic) bond motifs is 3. The van der Waals surface area contributed by atoms with Crippen LogP contribution in [0.3, 0.4) is 0 Å². The number of hydrogen-bond acceptors (Lipinski definition) is 5. The molecule has 1 aliphatic rings. The van der Waals surface area contributed by atoms with Gasteiger partial charge in [0.05, 0.1) is 6.61 Å². The first-order valence-corrected chi connectivity index (χ1v) is 9.51. The predicted octanol–water partition coefficient (Wildman–Crippen LogP) is 3.32. The molecule has 0 bridgehead atoms. The zero-order valence-corrected chi connectivity index (χ0v) is 16.1. The van der Waals surface area contributed by atoms with Gasteiger partial charge in [-0.2, -0.15) is 0 Å². The lowest BCUT2D eigenvalue weighted by atomic mass is 9.98. The van der Waals surface area contributed by atoms with E-state index >= 15 is 0 Å². The van der Waals surface area contributed by atoms with Gasteiger partial charge in [-0.15, -0.1) is 0 Å². The van der Waals surface area contributed by atoms with Crippen molar-refractivity contribution < 1.29 is 29.0 Å². The number of aliphatic carboxylic acids is 1. The molecular formula is C22H23NO6. The largest absolute Gasteiger partial charge is 0.480 e. The Morgan fingerprint density at radius 3 is 2.14 bits per heavy atom. The Hall–Kier alpha value is -3.35. The number of ether oxygens (including phenoxy) is 2. The lowest BCUT2D eigenvalue weighted by Crippen LogP contribution is -2.41. The molecule has 7 nitrogen and oxygen atoms in total. The summed E-state index contributed by atoms with van der Waals surface area (Å²) in [5.41, 5.74) is 4.35. The first-order chi connectivity index (χ1) is 14.0. The molecule has 0 spiro atoms. The number of carboxylic acids is 1. The second-order valence-electron chi connectivity index (χ2n) is 6.70. The molecule has 0 heterocycles. The minimum Gasteiger partial charge on any atom is -0.480 e. The van der Waals surface area contributed by atoms with Crippen LogP contribution in [0.4, 0.5) is 4.79 Å². The van der Waals surface area contributed by atoms with E-state index in [4.69, 9.17) is 9.47 Å². The third kappa shape index (κ3) is 4.74. The highest BCUT2D eigenvalue weighted by molar-refractivity contribution is 5.81. The van der Waals surface area contributed by atoms with Crippen molar-refractivity contribution in [2.75, 3.05) is 13.2 Å². The Morgan fingerprint density at radius 2 is 1.59 bits per heavy atom. The van der Waals surface area contributed by atoms with Crippen LogP contribution in [0.1, 0.15) is 36.8 Å². The number of alkyl carbamates (subject to hydrolysis) is 1. The van der Waals surface area contributed by atoms with Crippen molar-refractivity contribution in [3.05, 3.63) is 59.7 Å². The van der Waals surface area contributed by atoms with Gasteiger partial charge in [-0.25, -0.2) is 9.59 Å². The maximum Gasteiger partial charge on any atom is 0.407 e. The van der Waals surface area contributed by atoms with Gasteiger partial charge in [-0.1, -0.05) is 48.5 Å². The number of carboxylic acid groups (broad SMARTS) is 1. The molecule has 0 unspecified atom stereocenters. The lowest BCUT2D eigenvalue weighted by molar-refractivity contribution is -0.144. The SMILES string of the molecule is CCOC(=O)CC[C@H](NC(=O)OCC1c2ccccc2-c2ccccc21)C(=O)O. The molecule has 3 rings (SSSR count). The molecule has 2 N–H and O–H groups in total. The minimum atomic E-state index is -1.23. The number of amides is 1. The van der Waals surface area contributed by atoms with Crippen LogP contribution in [0.5, 0.6) is 0 Å². The van der Waals surface area contributed by atoms with Crippen molar-refractivity contribution in [2.24, 2.45) is 0 Å². The molecular weight excluding hydrogens is 374 g/mol. The lowest BCUT2D eigenvalue weighted by Gasteiger charge is -2.17. The molecule has 1 aliphatic carbocycles. The summed E-state index contributed by atoms with van der Waals surface area (Å²) in [5.74, 6) is -1.85. The Bertz CT molecular complexity index is 864. The zero-order valence-electron chi connectivity index (χ0n) is 16.1. The van der Waals surface area contributed by atoms with Crippen LogP contribution in [0.25, 0.3) is 11.1 Å². The van der Waals surface area contributed by atoms with E-state index in [1.165, 1.54) is 0 Å². The number of carbonyl (C=O) groups excluding carboxylic acids is 2. The van der Waals surface area contributed by atoms with E-state index in [0.717, 1.165) is 22.3 Å². The average molecular weight is 397 g/mol. The van der Waals surface area contributed by atoms with Crippen LogP contribution in [0, 0.1) is 0 Å². The van der Waals surface area contributed by atoms with Gasteiger partial charge in [-0.05, 0) is 35.6 Å². The van der Waals surface area contributed by atoms with E-state index in [1.807, 2.05) is 48.5 Å². The fourth-order valence-electron chi connectivity index (χ4n) is 3.54. The number of nitrogens with one attached hydrogen (secondary N) is 1. The molecule has 0 radical (unpaired) electrons. The molecule has 7 heteroatoms. The third-order valence-electron chi connectivity index (χ3n) is 4.88. The van der Waals surface area contributed by atoms with Crippen LogP contribution in [-0.2, 0) is 19.1 Å². The summed E-state index contributed by atoms with van der Waals surface area (Å²) in [6.07, 6.45) is -1.00. The topological polar surface area (TPSA) is 102 Å². The summed E-state index contributed by atoms with van der Waals surface area (Å²) in [7, 11) is 0. The standard InChI is InChI=1S/C22H23NO6/c1-2-28-20(24)12-11-19(21(25)26)23-22(27)29-13-18-16-9-5-3-7-14(16)15-8-4-6-10-17(15)18/h3-10,18-19H,2,11-13H2,1H3,(H,23,27)(H,25,26)/t19-/m0/s1. The van der Waals surface area contributed by atoms with Crippen molar-refractivity contribution in [3.63, 3.8) is 0 Å². The molecule has 2 aromatic rings. The van der Waals surface area contributed by atoms with Gasteiger partial charge in [-0.3, -0.25) is 4.79 Å². The summed E-state index contributed by atoms with van der Waals surface area (Å²) < 4.78 is 10.1. The highest BCUT2D eigenvalue weighted by Crippen LogP contribution is 2.44. The van der Waals surface area contributed by atoms with E-state index in [-0.39, 0.29) is 32.0 Å². The highest BCUT2D eigenvalue weighted by Gasteiger charge is 2.29. The minimum absolute atomic E-state index is 0.0711. The fraction of sp³-hybridized carbons (Fsp3) is 0.318. The predicted molar refractivity (Wildman–Crippen MR) is 105 cm³/mol. The number of carbonyl (C=O) groups is 3. The molecule has 0 saturated carbocycles. The van der Waals surface area contributed by atoms with Crippen molar-refractivity contribution in [1.82, 2.24) is 5.32 Å². The van der Waals surface area contributed by atoms with Crippen LogP contribution >= 0.6 is 0 Å². The average Bonchev–Trinajstić information content (AvgIpc) is 3.03. The number of rotatable bonds is 8. The number of hydrogen-bond donors (Lipinski definition) is 2. The first kappa shape index (κ1) is 20.4. The summed E-state index contributed by atoms with van der Waals surface area (Å²) in [4.78, 5) is 35.0. The van der Waals surface area contributed by atoms with Gasteiger partial charge in [0, 0.05) is 12.3 Å². The van der Waals surface area contributed by atoms with Gasteiger partial charge in [0.1, 0.15) is 12.6 Å². The second-order valence-corrected chi connectivity index (χ2v) is 6.70. The Labute approximate surface area is 168 Å². The molecule has 0 aromatic heterocycles. The van der Waals surface area contributed by atoms with Gasteiger partial charge < -0.3 is 19.9 Å². The maximum atomic E-state index is 12.2. The Morgan fingerprint density at radius 1 is 1.00 bits per heavy atom. The summed E-state index contributed by atoms with van der Waals surface area (Å²) in [6.45, 7) is 1.97. The van der Waals surface area contributed by atoms with E-state index in [1.54, 1.807) is 6.92 Å². The monoisotopic (exact) mass is 397 g/mol. The van der Waals surface area contributed by atoms with Crippen molar-refractivity contribution >= 4 is 18.0 Å². The maximum absolute atomic E-state index is 12.2. The fourth-order valence-corrected chi connectivity index (χ4v) is 3.54.